The number of ether oxygens (including phenoxy) is 1. The summed E-state index contributed by atoms with van der Waals surface area (Å²) in [5.41, 5.74) is 1.87. The number of nitrogens with zero attached hydrogens (tertiary/aromatic N) is 3. The molecule has 21 heavy (non-hydrogen) atoms. The maximum atomic E-state index is 11.2. The zero-order chi connectivity index (χ0) is 14.7. The van der Waals surface area contributed by atoms with E-state index in [1.165, 1.54) is 12.5 Å². The van der Waals surface area contributed by atoms with Gasteiger partial charge in [0.25, 0.3) is 0 Å². The van der Waals surface area contributed by atoms with Crippen molar-refractivity contribution in [2.45, 2.75) is 32.1 Å². The summed E-state index contributed by atoms with van der Waals surface area (Å²) in [6.45, 7) is 0. The molecule has 0 amide bonds. The molecule has 0 aromatic carbocycles. The third kappa shape index (κ3) is 2.84. The first-order valence-corrected chi connectivity index (χ1v) is 6.94. The first-order valence-electron chi connectivity index (χ1n) is 6.94. The molecule has 3 rings (SSSR count). The lowest BCUT2D eigenvalue weighted by molar-refractivity contribution is 0.0687. The molecular formula is C15H15N3O3. The molecule has 0 saturated heterocycles. The van der Waals surface area contributed by atoms with E-state index in [9.17, 15) is 4.79 Å². The van der Waals surface area contributed by atoms with Crippen LogP contribution in [-0.2, 0) is 12.8 Å². The number of aryl methyl sites for hydroxylation is 1. The summed E-state index contributed by atoms with van der Waals surface area (Å²) in [4.78, 5) is 23.5. The molecular weight excluding hydrogens is 270 g/mol. The van der Waals surface area contributed by atoms with E-state index in [-0.39, 0.29) is 11.4 Å². The minimum Gasteiger partial charge on any atom is -0.476 e. The molecule has 0 spiro atoms. The highest BCUT2D eigenvalue weighted by Gasteiger charge is 2.19. The van der Waals surface area contributed by atoms with Crippen molar-refractivity contribution < 1.29 is 14.6 Å². The minimum absolute atomic E-state index is 0.113. The van der Waals surface area contributed by atoms with Gasteiger partial charge in [-0.1, -0.05) is 6.42 Å². The average molecular weight is 285 g/mol. The Morgan fingerprint density at radius 3 is 2.86 bits per heavy atom. The van der Waals surface area contributed by atoms with Crippen molar-refractivity contribution in [1.82, 2.24) is 15.0 Å². The molecule has 2 aromatic rings. The van der Waals surface area contributed by atoms with Gasteiger partial charge in [-0.15, -0.1) is 0 Å². The van der Waals surface area contributed by atoms with Crippen LogP contribution in [0.25, 0.3) is 0 Å². The van der Waals surface area contributed by atoms with Crippen LogP contribution in [0.4, 0.5) is 0 Å². The van der Waals surface area contributed by atoms with Crippen LogP contribution in [0.5, 0.6) is 11.6 Å². The van der Waals surface area contributed by atoms with Gasteiger partial charge in [0.05, 0.1) is 5.69 Å². The zero-order valence-corrected chi connectivity index (χ0v) is 11.5. The lowest BCUT2D eigenvalue weighted by Crippen LogP contribution is -2.06. The summed E-state index contributed by atoms with van der Waals surface area (Å²) in [6.07, 6.45) is 7.99. The van der Waals surface area contributed by atoms with Crippen LogP contribution in [0.1, 0.15) is 41.0 Å². The first kappa shape index (κ1) is 13.5. The molecule has 0 radical (unpaired) electrons. The van der Waals surface area contributed by atoms with E-state index >= 15 is 0 Å². The summed E-state index contributed by atoms with van der Waals surface area (Å²) < 4.78 is 5.73. The quantitative estimate of drug-likeness (QED) is 0.872. The molecule has 1 aliphatic carbocycles. The van der Waals surface area contributed by atoms with Gasteiger partial charge in [-0.25, -0.2) is 19.7 Å². The van der Waals surface area contributed by atoms with E-state index < -0.39 is 5.97 Å². The Morgan fingerprint density at radius 1 is 1.14 bits per heavy atom. The number of carboxylic acids is 1. The summed E-state index contributed by atoms with van der Waals surface area (Å²) in [5, 5.41) is 9.15. The number of carbonyl (C=O) groups is 1. The van der Waals surface area contributed by atoms with Gasteiger partial charge in [-0.3, -0.25) is 0 Å². The van der Waals surface area contributed by atoms with Crippen molar-refractivity contribution >= 4 is 5.97 Å². The first-order chi connectivity index (χ1) is 10.3. The summed E-state index contributed by atoms with van der Waals surface area (Å²) >= 11 is 0. The van der Waals surface area contributed by atoms with Crippen LogP contribution >= 0.6 is 0 Å². The Labute approximate surface area is 121 Å². The second-order valence-corrected chi connectivity index (χ2v) is 4.92. The topological polar surface area (TPSA) is 85.2 Å². The normalized spacial score (nSPS) is 14.1. The Morgan fingerprint density at radius 2 is 2.00 bits per heavy atom. The van der Waals surface area contributed by atoms with Crippen molar-refractivity contribution in [1.29, 1.82) is 0 Å². The smallest absolute Gasteiger partial charge is 0.358 e. The average Bonchev–Trinajstić information content (AvgIpc) is 2.74. The largest absolute Gasteiger partial charge is 0.476 e. The number of pyridine rings is 1. The fraction of sp³-hybridized carbons (Fsp3) is 0.333. The SMILES string of the molecule is O=C(O)c1ncccc1Oc1ncnc2c1CCCCC2. The van der Waals surface area contributed by atoms with Gasteiger partial charge in [0.2, 0.25) is 5.88 Å². The van der Waals surface area contributed by atoms with Gasteiger partial charge in [0.1, 0.15) is 6.33 Å². The highest BCUT2D eigenvalue weighted by molar-refractivity contribution is 5.88. The highest BCUT2D eigenvalue weighted by Crippen LogP contribution is 2.30. The Balaban J connectivity index is 1.98. The standard InChI is InChI=1S/C15H15N3O3/c19-15(20)13-12(7-4-8-16-13)21-14-10-5-2-1-3-6-11(10)17-9-18-14/h4,7-9H,1-3,5-6H2,(H,19,20). The van der Waals surface area contributed by atoms with Crippen LogP contribution in [0.15, 0.2) is 24.7 Å². The van der Waals surface area contributed by atoms with E-state index in [2.05, 4.69) is 15.0 Å². The predicted molar refractivity (Wildman–Crippen MR) is 74.6 cm³/mol. The second-order valence-electron chi connectivity index (χ2n) is 4.92. The van der Waals surface area contributed by atoms with E-state index in [1.54, 1.807) is 12.1 Å². The monoisotopic (exact) mass is 285 g/mol. The van der Waals surface area contributed by atoms with Gasteiger partial charge in [-0.2, -0.15) is 0 Å². The van der Waals surface area contributed by atoms with E-state index in [4.69, 9.17) is 9.84 Å². The Hall–Kier alpha value is -2.50. The Kier molecular flexibility index (Phi) is 3.77. The lowest BCUT2D eigenvalue weighted by atomic mass is 10.1. The van der Waals surface area contributed by atoms with E-state index in [0.717, 1.165) is 43.4 Å². The third-order valence-electron chi connectivity index (χ3n) is 3.52. The molecule has 2 heterocycles. The van der Waals surface area contributed by atoms with Gasteiger partial charge < -0.3 is 9.84 Å². The van der Waals surface area contributed by atoms with Gasteiger partial charge in [-0.05, 0) is 37.8 Å². The molecule has 6 heteroatoms. The molecule has 1 N–H and O–H groups in total. The van der Waals surface area contributed by atoms with Crippen molar-refractivity contribution in [2.75, 3.05) is 0 Å². The number of hydrogen-bond donors (Lipinski definition) is 1. The van der Waals surface area contributed by atoms with Crippen LogP contribution in [-0.4, -0.2) is 26.0 Å². The molecule has 1 aliphatic rings. The van der Waals surface area contributed by atoms with Crippen LogP contribution in [0.2, 0.25) is 0 Å². The lowest BCUT2D eigenvalue weighted by Gasteiger charge is -2.12. The van der Waals surface area contributed by atoms with Gasteiger partial charge in [0.15, 0.2) is 11.4 Å². The summed E-state index contributed by atoms with van der Waals surface area (Å²) in [7, 11) is 0. The number of hydrogen-bond acceptors (Lipinski definition) is 5. The van der Waals surface area contributed by atoms with Crippen molar-refractivity contribution in [2.24, 2.45) is 0 Å². The fourth-order valence-electron chi connectivity index (χ4n) is 2.49. The number of aromatic carboxylic acids is 1. The summed E-state index contributed by atoms with van der Waals surface area (Å²) in [6, 6.07) is 3.23. The molecule has 0 atom stereocenters. The van der Waals surface area contributed by atoms with Gasteiger partial charge in [0, 0.05) is 11.8 Å². The number of fused-ring (bicyclic) bond motifs is 1. The molecule has 0 saturated carbocycles. The van der Waals surface area contributed by atoms with Crippen molar-refractivity contribution in [3.63, 3.8) is 0 Å². The predicted octanol–water partition coefficient (Wildman–Crippen LogP) is 2.63. The molecule has 0 unspecified atom stereocenters. The fourth-order valence-corrected chi connectivity index (χ4v) is 2.49. The molecule has 6 nitrogen and oxygen atoms in total. The van der Waals surface area contributed by atoms with Crippen LogP contribution in [0, 0.1) is 0 Å². The molecule has 0 bridgehead atoms. The van der Waals surface area contributed by atoms with Crippen molar-refractivity contribution in [3.05, 3.63) is 41.6 Å². The molecule has 2 aromatic heterocycles. The maximum Gasteiger partial charge on any atom is 0.358 e. The number of carboxylic acid groups (broad SMARTS) is 1. The Bertz CT molecular complexity index is 673. The summed E-state index contributed by atoms with van der Waals surface area (Å²) in [5.74, 6) is -0.474. The van der Waals surface area contributed by atoms with Crippen LogP contribution < -0.4 is 4.74 Å². The van der Waals surface area contributed by atoms with E-state index in [0.29, 0.717) is 5.88 Å². The van der Waals surface area contributed by atoms with Gasteiger partial charge >= 0.3 is 5.97 Å². The minimum atomic E-state index is -1.12. The second kappa shape index (κ2) is 5.87. The molecule has 108 valence electrons. The van der Waals surface area contributed by atoms with Crippen LogP contribution in [0.3, 0.4) is 0 Å². The molecule has 0 aliphatic heterocycles. The number of aromatic nitrogens is 3. The van der Waals surface area contributed by atoms with Crippen molar-refractivity contribution in [3.8, 4) is 11.6 Å². The number of rotatable bonds is 3. The molecule has 0 fully saturated rings. The maximum absolute atomic E-state index is 11.2. The third-order valence-corrected chi connectivity index (χ3v) is 3.52. The highest BCUT2D eigenvalue weighted by atomic mass is 16.5. The zero-order valence-electron chi connectivity index (χ0n) is 11.5. The van der Waals surface area contributed by atoms with E-state index in [1.807, 2.05) is 0 Å².